The Morgan fingerprint density at radius 1 is 1.21 bits per heavy atom. The zero-order chi connectivity index (χ0) is 21.8. The minimum atomic E-state index is -4.11. The van der Waals surface area contributed by atoms with E-state index in [-0.39, 0.29) is 31.7 Å². The Kier molecular flexibility index (Phi) is 8.38. The van der Waals surface area contributed by atoms with E-state index in [0.717, 1.165) is 0 Å². The zero-order valence-electron chi connectivity index (χ0n) is 17.6. The van der Waals surface area contributed by atoms with Crippen LogP contribution < -0.4 is 0 Å². The first-order chi connectivity index (χ1) is 12.7. The summed E-state index contributed by atoms with van der Waals surface area (Å²) in [4.78, 5) is 35.7. The van der Waals surface area contributed by atoms with Gasteiger partial charge in [-0.2, -0.15) is 0 Å². The van der Waals surface area contributed by atoms with Crippen molar-refractivity contribution in [2.24, 2.45) is 10.8 Å². The number of hydrogen-bond donors (Lipinski definition) is 0. The second-order valence-electron chi connectivity index (χ2n) is 8.42. The smallest absolute Gasteiger partial charge is 0.469 e. The third kappa shape index (κ3) is 7.28. The quantitative estimate of drug-likeness (QED) is 0.330. The van der Waals surface area contributed by atoms with Gasteiger partial charge in [-0.05, 0) is 34.1 Å². The van der Waals surface area contributed by atoms with Crippen LogP contribution in [0.5, 0.6) is 0 Å². The summed E-state index contributed by atoms with van der Waals surface area (Å²) in [5.41, 5.74) is -1.51. The van der Waals surface area contributed by atoms with Crippen LogP contribution in [0.4, 0.5) is 0 Å². The lowest BCUT2D eigenvalue weighted by molar-refractivity contribution is -0.176. The zero-order valence-corrected chi connectivity index (χ0v) is 18.5. The van der Waals surface area contributed by atoms with E-state index in [2.05, 4.69) is 4.74 Å². The number of phosphoric acid groups is 1. The lowest BCUT2D eigenvalue weighted by atomic mass is 9.84. The van der Waals surface area contributed by atoms with E-state index in [1.54, 1.807) is 34.6 Å². The molecule has 10 heteroatoms. The Balaban J connectivity index is 2.75. The Hall–Kier alpha value is -1.28. The van der Waals surface area contributed by atoms with E-state index in [9.17, 15) is 18.9 Å². The molecule has 0 aromatic rings. The highest BCUT2D eigenvalue weighted by atomic mass is 31.2. The molecule has 0 bridgehead atoms. The normalized spacial score (nSPS) is 25.6. The average molecular weight is 422 g/mol. The highest BCUT2D eigenvalue weighted by molar-refractivity contribution is 7.48. The Morgan fingerprint density at radius 2 is 1.82 bits per heavy atom. The Morgan fingerprint density at radius 3 is 2.36 bits per heavy atom. The van der Waals surface area contributed by atoms with Gasteiger partial charge in [-0.1, -0.05) is 13.8 Å². The van der Waals surface area contributed by atoms with Crippen molar-refractivity contribution in [2.75, 3.05) is 13.7 Å². The summed E-state index contributed by atoms with van der Waals surface area (Å²) in [5.74, 6) is -1.27. The first-order valence-corrected chi connectivity index (χ1v) is 10.6. The van der Waals surface area contributed by atoms with Gasteiger partial charge in [0.1, 0.15) is 6.10 Å². The fourth-order valence-corrected chi connectivity index (χ4v) is 4.07. The maximum absolute atomic E-state index is 12.8. The van der Waals surface area contributed by atoms with Crippen molar-refractivity contribution in [3.05, 3.63) is 0 Å². The summed E-state index contributed by atoms with van der Waals surface area (Å²) in [5, 5.41) is 0. The number of phosphoric ester groups is 1. The van der Waals surface area contributed by atoms with Crippen molar-refractivity contribution in [1.82, 2.24) is 0 Å². The van der Waals surface area contributed by atoms with Gasteiger partial charge in [0.25, 0.3) is 0 Å². The number of esters is 2. The van der Waals surface area contributed by atoms with E-state index in [0.29, 0.717) is 0 Å². The lowest BCUT2D eigenvalue weighted by Crippen LogP contribution is -2.45. The summed E-state index contributed by atoms with van der Waals surface area (Å²) in [6.07, 6.45) is -1.80. The molecule has 0 saturated carbocycles. The number of carbonyl (C=O) groups excluding carboxylic acids is 3. The Labute approximate surface area is 166 Å². The SMILES string of the molecule is COC(=O)CCCC(=O)[C@@H]1O[P@](=O)(OC(C)OC(=O)C(C)(C)C)OCC1(C)C. The molecule has 162 valence electrons. The molecule has 1 unspecified atom stereocenters. The monoisotopic (exact) mass is 422 g/mol. The number of ketones is 1. The molecule has 28 heavy (non-hydrogen) atoms. The van der Waals surface area contributed by atoms with Gasteiger partial charge in [0, 0.05) is 18.3 Å². The van der Waals surface area contributed by atoms with Gasteiger partial charge in [0.05, 0.1) is 19.1 Å². The van der Waals surface area contributed by atoms with Crippen molar-refractivity contribution in [1.29, 1.82) is 0 Å². The van der Waals surface area contributed by atoms with Gasteiger partial charge in [-0.3, -0.25) is 23.4 Å². The van der Waals surface area contributed by atoms with Gasteiger partial charge < -0.3 is 9.47 Å². The van der Waals surface area contributed by atoms with E-state index in [1.807, 2.05) is 0 Å². The largest absolute Gasteiger partial charge is 0.478 e. The van der Waals surface area contributed by atoms with E-state index in [4.69, 9.17) is 18.3 Å². The summed E-state index contributed by atoms with van der Waals surface area (Å²) in [6, 6.07) is 0. The van der Waals surface area contributed by atoms with Crippen molar-refractivity contribution in [3.8, 4) is 0 Å². The summed E-state index contributed by atoms with van der Waals surface area (Å²) in [6.45, 7) is 9.83. The van der Waals surface area contributed by atoms with Gasteiger partial charge in [0.2, 0.25) is 6.29 Å². The number of ether oxygens (including phenoxy) is 2. The molecule has 1 heterocycles. The maximum atomic E-state index is 12.8. The second kappa shape index (κ2) is 9.48. The number of carbonyl (C=O) groups is 3. The molecule has 0 spiro atoms. The molecule has 1 saturated heterocycles. The minimum Gasteiger partial charge on any atom is -0.469 e. The average Bonchev–Trinajstić information content (AvgIpc) is 2.56. The van der Waals surface area contributed by atoms with Crippen LogP contribution in [0.15, 0.2) is 0 Å². The summed E-state index contributed by atoms with van der Waals surface area (Å²) < 4.78 is 38.4. The van der Waals surface area contributed by atoms with Crippen LogP contribution in [0.25, 0.3) is 0 Å². The molecule has 0 aromatic heterocycles. The second-order valence-corrected chi connectivity index (χ2v) is 9.99. The molecular formula is C18H31O9P. The summed E-state index contributed by atoms with van der Waals surface area (Å²) >= 11 is 0. The van der Waals surface area contributed by atoms with Crippen molar-refractivity contribution in [3.63, 3.8) is 0 Å². The van der Waals surface area contributed by atoms with Crippen molar-refractivity contribution >= 4 is 25.5 Å². The van der Waals surface area contributed by atoms with Gasteiger partial charge in [0.15, 0.2) is 5.78 Å². The van der Waals surface area contributed by atoms with Crippen molar-refractivity contribution < 1.29 is 42.0 Å². The van der Waals surface area contributed by atoms with Crippen LogP contribution in [0.3, 0.4) is 0 Å². The molecule has 0 aliphatic carbocycles. The molecule has 0 radical (unpaired) electrons. The minimum absolute atomic E-state index is 0.0440. The molecule has 1 aliphatic rings. The molecule has 1 fully saturated rings. The fourth-order valence-electron chi connectivity index (χ4n) is 2.34. The standard InChI is InChI=1S/C18H31O9P/c1-12(25-16(21)17(2,3)4)26-28(22)24-11-18(5,6)15(27-28)13(19)9-8-10-14(20)23-7/h12,15H,8-11H2,1-7H3/t12?,15-,28-/m0/s1. The van der Waals surface area contributed by atoms with E-state index < -0.39 is 43.0 Å². The topological polar surface area (TPSA) is 114 Å². The van der Waals surface area contributed by atoms with Crippen LogP contribution >= 0.6 is 7.82 Å². The predicted molar refractivity (Wildman–Crippen MR) is 99.2 cm³/mol. The van der Waals surface area contributed by atoms with Crippen LogP contribution in [-0.2, 0) is 42.0 Å². The first-order valence-electron chi connectivity index (χ1n) is 9.12. The van der Waals surface area contributed by atoms with Crippen LogP contribution in [0.1, 0.15) is 60.8 Å². The van der Waals surface area contributed by atoms with Crippen LogP contribution in [0, 0.1) is 10.8 Å². The molecule has 1 rings (SSSR count). The Bertz CT molecular complexity index is 635. The van der Waals surface area contributed by atoms with Crippen LogP contribution in [0.2, 0.25) is 0 Å². The van der Waals surface area contributed by atoms with E-state index >= 15 is 0 Å². The number of Topliss-reactive ketones (excluding diaryl/α,β-unsaturated/α-hetero) is 1. The fraction of sp³-hybridized carbons (Fsp3) is 0.833. The van der Waals surface area contributed by atoms with Crippen LogP contribution in [-0.4, -0.2) is 43.8 Å². The van der Waals surface area contributed by atoms with Gasteiger partial charge in [-0.15, -0.1) is 0 Å². The molecule has 9 nitrogen and oxygen atoms in total. The summed E-state index contributed by atoms with van der Waals surface area (Å²) in [7, 11) is -2.84. The third-order valence-electron chi connectivity index (χ3n) is 4.03. The van der Waals surface area contributed by atoms with Gasteiger partial charge >= 0.3 is 19.8 Å². The highest BCUT2D eigenvalue weighted by Gasteiger charge is 2.49. The third-order valence-corrected chi connectivity index (χ3v) is 5.50. The first kappa shape index (κ1) is 24.8. The predicted octanol–water partition coefficient (Wildman–Crippen LogP) is 3.40. The molecule has 1 aliphatic heterocycles. The van der Waals surface area contributed by atoms with Gasteiger partial charge in [-0.25, -0.2) is 9.09 Å². The number of rotatable bonds is 8. The molecule has 3 atom stereocenters. The van der Waals surface area contributed by atoms with E-state index in [1.165, 1.54) is 14.0 Å². The number of methoxy groups -OCH3 is 1. The van der Waals surface area contributed by atoms with Crippen molar-refractivity contribution in [2.45, 2.75) is 73.2 Å². The maximum Gasteiger partial charge on any atom is 0.478 e. The molecule has 0 aromatic carbocycles. The number of hydrogen-bond acceptors (Lipinski definition) is 9. The molecular weight excluding hydrogens is 391 g/mol. The highest BCUT2D eigenvalue weighted by Crippen LogP contribution is 2.58. The molecule has 0 amide bonds. The molecule has 0 N–H and O–H groups in total. The lowest BCUT2D eigenvalue weighted by Gasteiger charge is -2.40.